The molecule has 0 atom stereocenters. The average molecular weight is 349 g/mol. The molecule has 1 aromatic carbocycles. The number of carbonyl (C=O) groups is 2. The van der Waals surface area contributed by atoms with Crippen molar-refractivity contribution >= 4 is 23.2 Å². The van der Waals surface area contributed by atoms with Crippen molar-refractivity contribution in [2.45, 2.75) is 13.8 Å². The number of nitrogens with one attached hydrogen (secondary N) is 2. The third-order valence-electron chi connectivity index (χ3n) is 4.06. The molecule has 0 unspecified atom stereocenters. The number of nitrogens with zero attached hydrogens (tertiary/aromatic N) is 3. The zero-order chi connectivity index (χ0) is 18.7. The maximum atomic E-state index is 12.5. The summed E-state index contributed by atoms with van der Waals surface area (Å²) in [6.07, 6.45) is 3.21. The fourth-order valence-electron chi connectivity index (χ4n) is 2.64. The molecule has 0 aliphatic rings. The maximum absolute atomic E-state index is 12.5. The number of benzene rings is 1. The molecule has 0 fully saturated rings. The second-order valence-corrected chi connectivity index (χ2v) is 5.90. The number of hydrogen-bond donors (Lipinski definition) is 2. The Morgan fingerprint density at radius 1 is 0.962 bits per heavy atom. The smallest absolute Gasteiger partial charge is 0.259 e. The van der Waals surface area contributed by atoms with E-state index in [-0.39, 0.29) is 11.8 Å². The summed E-state index contributed by atoms with van der Waals surface area (Å²) >= 11 is 0. The first kappa shape index (κ1) is 17.3. The molecule has 0 aliphatic heterocycles. The summed E-state index contributed by atoms with van der Waals surface area (Å²) in [5.41, 5.74) is 3.75. The Bertz CT molecular complexity index is 946. The minimum atomic E-state index is -0.241. The first-order valence-corrected chi connectivity index (χ1v) is 8.08. The number of hydrogen-bond acceptors (Lipinski definition) is 4. The quantitative estimate of drug-likeness (QED) is 0.758. The van der Waals surface area contributed by atoms with E-state index in [4.69, 9.17) is 0 Å². The largest absolute Gasteiger partial charge is 0.322 e. The molecule has 0 spiro atoms. The van der Waals surface area contributed by atoms with Gasteiger partial charge in [-0.3, -0.25) is 19.3 Å². The standard InChI is InChI=1S/C19H19N5O2/c1-12-17(13(2)24(3)23-12)19(26)21-15-8-6-14(7-9-15)18(25)22-16-5-4-10-20-11-16/h4-11H,1-3H3,(H,21,26)(H,22,25). The Labute approximate surface area is 151 Å². The van der Waals surface area contributed by atoms with Crippen molar-refractivity contribution < 1.29 is 9.59 Å². The van der Waals surface area contributed by atoms with Crippen LogP contribution in [0, 0.1) is 13.8 Å². The van der Waals surface area contributed by atoms with Crippen molar-refractivity contribution in [2.24, 2.45) is 7.05 Å². The second kappa shape index (κ2) is 7.18. The molecule has 7 nitrogen and oxygen atoms in total. The third kappa shape index (κ3) is 3.61. The molecule has 0 aliphatic carbocycles. The number of anilines is 2. The van der Waals surface area contributed by atoms with E-state index in [1.165, 1.54) is 0 Å². The normalized spacial score (nSPS) is 10.4. The van der Waals surface area contributed by atoms with Crippen molar-refractivity contribution in [1.82, 2.24) is 14.8 Å². The number of amides is 2. The van der Waals surface area contributed by atoms with Crippen LogP contribution in [-0.4, -0.2) is 26.6 Å². The lowest BCUT2D eigenvalue weighted by molar-refractivity contribution is 0.101. The highest BCUT2D eigenvalue weighted by Crippen LogP contribution is 2.16. The molecule has 0 radical (unpaired) electrons. The van der Waals surface area contributed by atoms with Crippen molar-refractivity contribution in [3.05, 3.63) is 71.3 Å². The fourth-order valence-corrected chi connectivity index (χ4v) is 2.64. The van der Waals surface area contributed by atoms with Crippen molar-refractivity contribution in [2.75, 3.05) is 10.6 Å². The van der Waals surface area contributed by atoms with Crippen LogP contribution in [0.5, 0.6) is 0 Å². The summed E-state index contributed by atoms with van der Waals surface area (Å²) in [4.78, 5) is 28.7. The third-order valence-corrected chi connectivity index (χ3v) is 4.06. The Balaban J connectivity index is 1.69. The van der Waals surface area contributed by atoms with E-state index in [1.807, 2.05) is 6.92 Å². The lowest BCUT2D eigenvalue weighted by atomic mass is 10.1. The number of carbonyl (C=O) groups excluding carboxylic acids is 2. The van der Waals surface area contributed by atoms with Gasteiger partial charge in [0.15, 0.2) is 0 Å². The monoisotopic (exact) mass is 349 g/mol. The Morgan fingerprint density at radius 2 is 1.65 bits per heavy atom. The maximum Gasteiger partial charge on any atom is 0.259 e. The predicted molar refractivity (Wildman–Crippen MR) is 99.3 cm³/mol. The SMILES string of the molecule is Cc1nn(C)c(C)c1C(=O)Nc1ccc(C(=O)Nc2cccnc2)cc1. The number of aromatic nitrogens is 3. The molecule has 132 valence electrons. The van der Waals surface area contributed by atoms with Gasteiger partial charge in [0.05, 0.1) is 23.1 Å². The van der Waals surface area contributed by atoms with Crippen molar-refractivity contribution in [1.29, 1.82) is 0 Å². The van der Waals surface area contributed by atoms with E-state index in [1.54, 1.807) is 67.4 Å². The van der Waals surface area contributed by atoms with Crippen LogP contribution in [-0.2, 0) is 7.05 Å². The van der Waals surface area contributed by atoms with Crippen molar-refractivity contribution in [3.63, 3.8) is 0 Å². The summed E-state index contributed by atoms with van der Waals surface area (Å²) in [5, 5.41) is 9.85. The zero-order valence-corrected chi connectivity index (χ0v) is 14.8. The molecular formula is C19H19N5O2. The summed E-state index contributed by atoms with van der Waals surface area (Å²) in [5.74, 6) is -0.463. The van der Waals surface area contributed by atoms with Gasteiger partial charge in [0.25, 0.3) is 11.8 Å². The van der Waals surface area contributed by atoms with Crippen LogP contribution < -0.4 is 10.6 Å². The first-order chi connectivity index (χ1) is 12.5. The molecule has 2 N–H and O–H groups in total. The van der Waals surface area contributed by atoms with Gasteiger partial charge in [-0.1, -0.05) is 0 Å². The lowest BCUT2D eigenvalue weighted by Gasteiger charge is -2.08. The van der Waals surface area contributed by atoms with Gasteiger partial charge in [-0.15, -0.1) is 0 Å². The number of pyridine rings is 1. The topological polar surface area (TPSA) is 88.9 Å². The highest BCUT2D eigenvalue weighted by atomic mass is 16.2. The van der Waals surface area contributed by atoms with Crippen LogP contribution in [0.3, 0.4) is 0 Å². The van der Waals surface area contributed by atoms with Crippen LogP contribution >= 0.6 is 0 Å². The van der Waals surface area contributed by atoms with Gasteiger partial charge in [0, 0.05) is 30.2 Å². The van der Waals surface area contributed by atoms with E-state index in [0.29, 0.717) is 28.2 Å². The van der Waals surface area contributed by atoms with E-state index >= 15 is 0 Å². The molecule has 2 aromatic heterocycles. The highest BCUT2D eigenvalue weighted by Gasteiger charge is 2.17. The van der Waals surface area contributed by atoms with Gasteiger partial charge in [-0.05, 0) is 50.2 Å². The van der Waals surface area contributed by atoms with Crippen LogP contribution in [0.1, 0.15) is 32.1 Å². The highest BCUT2D eigenvalue weighted by molar-refractivity contribution is 6.07. The summed E-state index contributed by atoms with van der Waals surface area (Å²) in [6.45, 7) is 3.65. The van der Waals surface area contributed by atoms with E-state index in [0.717, 1.165) is 5.69 Å². The van der Waals surface area contributed by atoms with Gasteiger partial charge < -0.3 is 10.6 Å². The molecule has 0 bridgehead atoms. The van der Waals surface area contributed by atoms with E-state index < -0.39 is 0 Å². The van der Waals surface area contributed by atoms with Crippen molar-refractivity contribution in [3.8, 4) is 0 Å². The fraction of sp³-hybridized carbons (Fsp3) is 0.158. The van der Waals surface area contributed by atoms with Crippen LogP contribution in [0.25, 0.3) is 0 Å². The second-order valence-electron chi connectivity index (χ2n) is 5.90. The Morgan fingerprint density at radius 3 is 2.23 bits per heavy atom. The lowest BCUT2D eigenvalue weighted by Crippen LogP contribution is -2.15. The Kier molecular flexibility index (Phi) is 4.79. The van der Waals surface area contributed by atoms with Gasteiger partial charge >= 0.3 is 0 Å². The van der Waals surface area contributed by atoms with Gasteiger partial charge in [0.2, 0.25) is 0 Å². The molecule has 2 heterocycles. The summed E-state index contributed by atoms with van der Waals surface area (Å²) in [7, 11) is 1.80. The minimum Gasteiger partial charge on any atom is -0.322 e. The van der Waals surface area contributed by atoms with Crippen LogP contribution in [0.4, 0.5) is 11.4 Å². The molecule has 2 amide bonds. The Hall–Kier alpha value is -3.48. The average Bonchev–Trinajstić information content (AvgIpc) is 2.88. The molecule has 7 heteroatoms. The predicted octanol–water partition coefficient (Wildman–Crippen LogP) is 2.94. The zero-order valence-electron chi connectivity index (χ0n) is 14.8. The molecule has 3 aromatic rings. The van der Waals surface area contributed by atoms with E-state index in [9.17, 15) is 9.59 Å². The number of aryl methyl sites for hydroxylation is 2. The van der Waals surface area contributed by atoms with Gasteiger partial charge in [-0.25, -0.2) is 0 Å². The molecule has 0 saturated heterocycles. The van der Waals surface area contributed by atoms with Crippen LogP contribution in [0.15, 0.2) is 48.8 Å². The first-order valence-electron chi connectivity index (χ1n) is 8.08. The molecular weight excluding hydrogens is 330 g/mol. The summed E-state index contributed by atoms with van der Waals surface area (Å²) < 4.78 is 1.68. The molecule has 26 heavy (non-hydrogen) atoms. The van der Waals surface area contributed by atoms with Crippen LogP contribution in [0.2, 0.25) is 0 Å². The van der Waals surface area contributed by atoms with E-state index in [2.05, 4.69) is 20.7 Å². The minimum absolute atomic E-state index is 0.222. The molecule has 3 rings (SSSR count). The summed E-state index contributed by atoms with van der Waals surface area (Å²) in [6, 6.07) is 10.2. The molecule has 0 saturated carbocycles. The van der Waals surface area contributed by atoms with Gasteiger partial charge in [-0.2, -0.15) is 5.10 Å². The number of rotatable bonds is 4. The van der Waals surface area contributed by atoms with Gasteiger partial charge in [0.1, 0.15) is 0 Å².